The Balaban J connectivity index is 1.74. The van der Waals surface area contributed by atoms with Crippen LogP contribution in [0.4, 0.5) is 0 Å². The normalized spacial score (nSPS) is 16.9. The molecule has 5 nitrogen and oxygen atoms in total. The molecule has 0 atom stereocenters. The van der Waals surface area contributed by atoms with Gasteiger partial charge in [0, 0.05) is 52.0 Å². The lowest BCUT2D eigenvalue weighted by atomic mass is 10.2. The average molecular weight is 290 g/mol. The molecule has 116 valence electrons. The van der Waals surface area contributed by atoms with E-state index in [0.717, 1.165) is 51.5 Å². The molecule has 0 radical (unpaired) electrons. The third-order valence-electron chi connectivity index (χ3n) is 4.05. The Hall–Kier alpha value is -1.46. The Labute approximate surface area is 127 Å². The summed E-state index contributed by atoms with van der Waals surface area (Å²) in [5, 5.41) is 0. The van der Waals surface area contributed by atoms with Crippen molar-refractivity contribution in [2.75, 3.05) is 45.8 Å². The number of carbonyl (C=O) groups excluding carboxylic acids is 1. The molecule has 0 aliphatic carbocycles. The Morgan fingerprint density at radius 2 is 1.81 bits per heavy atom. The molecule has 0 N–H and O–H groups in total. The number of aromatic nitrogens is 1. The van der Waals surface area contributed by atoms with Gasteiger partial charge in [-0.15, -0.1) is 0 Å². The summed E-state index contributed by atoms with van der Waals surface area (Å²) in [5.74, 6) is 0.248. The van der Waals surface area contributed by atoms with Gasteiger partial charge in [0.25, 0.3) is 0 Å². The number of likely N-dealkylation sites (N-methyl/N-ethyl adjacent to an activating group) is 1. The monoisotopic (exact) mass is 290 g/mol. The molecule has 0 spiro atoms. The lowest BCUT2D eigenvalue weighted by molar-refractivity contribution is -0.132. The van der Waals surface area contributed by atoms with Crippen molar-refractivity contribution in [3.63, 3.8) is 0 Å². The summed E-state index contributed by atoms with van der Waals surface area (Å²) in [5.41, 5.74) is 1.12. The minimum Gasteiger partial charge on any atom is -0.342 e. The van der Waals surface area contributed by atoms with Crippen LogP contribution in [-0.4, -0.2) is 71.4 Å². The quantitative estimate of drug-likeness (QED) is 0.786. The summed E-state index contributed by atoms with van der Waals surface area (Å²) < 4.78 is 0. The van der Waals surface area contributed by atoms with E-state index in [-0.39, 0.29) is 5.91 Å². The van der Waals surface area contributed by atoms with Crippen molar-refractivity contribution in [2.45, 2.75) is 20.4 Å². The number of carbonyl (C=O) groups is 1. The van der Waals surface area contributed by atoms with Gasteiger partial charge in [-0.3, -0.25) is 19.6 Å². The molecule has 1 saturated heterocycles. The smallest absolute Gasteiger partial charge is 0.236 e. The maximum Gasteiger partial charge on any atom is 0.236 e. The van der Waals surface area contributed by atoms with Gasteiger partial charge < -0.3 is 4.90 Å². The van der Waals surface area contributed by atoms with Crippen LogP contribution in [0.2, 0.25) is 0 Å². The average Bonchev–Trinajstić information content (AvgIpc) is 2.51. The van der Waals surface area contributed by atoms with Gasteiger partial charge in [0.2, 0.25) is 5.91 Å². The molecule has 2 heterocycles. The maximum absolute atomic E-state index is 12.1. The number of piperazine rings is 1. The van der Waals surface area contributed by atoms with E-state index in [4.69, 9.17) is 0 Å². The highest BCUT2D eigenvalue weighted by atomic mass is 16.2. The van der Waals surface area contributed by atoms with Gasteiger partial charge in [-0.2, -0.15) is 0 Å². The van der Waals surface area contributed by atoms with Gasteiger partial charge in [-0.05, 0) is 26.0 Å². The second kappa shape index (κ2) is 8.10. The minimum absolute atomic E-state index is 0.248. The first-order valence-electron chi connectivity index (χ1n) is 7.85. The molecule has 1 aliphatic rings. The van der Waals surface area contributed by atoms with E-state index in [0.29, 0.717) is 6.54 Å². The van der Waals surface area contributed by atoms with Crippen molar-refractivity contribution in [2.24, 2.45) is 0 Å². The van der Waals surface area contributed by atoms with Crippen molar-refractivity contribution >= 4 is 5.91 Å². The molecule has 0 bridgehead atoms. The molecule has 0 aromatic carbocycles. The van der Waals surface area contributed by atoms with Crippen LogP contribution >= 0.6 is 0 Å². The standard InChI is InChI=1S/C16H26N4O/c1-3-20(4-2)16(21)14-19-11-9-18(10-12-19)13-15-7-5-6-8-17-15/h5-8H,3-4,9-14H2,1-2H3. The molecule has 1 fully saturated rings. The van der Waals surface area contributed by atoms with E-state index in [1.165, 1.54) is 0 Å². The van der Waals surface area contributed by atoms with Crippen LogP contribution in [0.25, 0.3) is 0 Å². The van der Waals surface area contributed by atoms with Crippen LogP contribution in [-0.2, 0) is 11.3 Å². The number of nitrogens with zero attached hydrogens (tertiary/aromatic N) is 4. The molecule has 0 saturated carbocycles. The van der Waals surface area contributed by atoms with E-state index in [9.17, 15) is 4.79 Å². The Bertz CT molecular complexity index is 425. The first-order valence-corrected chi connectivity index (χ1v) is 7.85. The van der Waals surface area contributed by atoms with Crippen molar-refractivity contribution in [1.82, 2.24) is 19.7 Å². The summed E-state index contributed by atoms with van der Waals surface area (Å²) in [7, 11) is 0. The highest BCUT2D eigenvalue weighted by Gasteiger charge is 2.20. The molecule has 21 heavy (non-hydrogen) atoms. The van der Waals surface area contributed by atoms with Gasteiger partial charge in [0.05, 0.1) is 12.2 Å². The van der Waals surface area contributed by atoms with Gasteiger partial charge in [0.15, 0.2) is 0 Å². The van der Waals surface area contributed by atoms with E-state index in [1.54, 1.807) is 0 Å². The SMILES string of the molecule is CCN(CC)C(=O)CN1CCN(Cc2ccccn2)CC1. The third kappa shape index (κ3) is 4.79. The predicted molar refractivity (Wildman–Crippen MR) is 83.9 cm³/mol. The zero-order valence-electron chi connectivity index (χ0n) is 13.2. The van der Waals surface area contributed by atoms with Crippen molar-refractivity contribution < 1.29 is 4.79 Å². The third-order valence-corrected chi connectivity index (χ3v) is 4.05. The van der Waals surface area contributed by atoms with E-state index in [2.05, 4.69) is 20.9 Å². The van der Waals surface area contributed by atoms with Crippen molar-refractivity contribution in [3.8, 4) is 0 Å². The first-order chi connectivity index (χ1) is 10.2. The summed E-state index contributed by atoms with van der Waals surface area (Å²) in [4.78, 5) is 23.0. The molecule has 5 heteroatoms. The van der Waals surface area contributed by atoms with Gasteiger partial charge in [-0.1, -0.05) is 6.07 Å². The number of hydrogen-bond acceptors (Lipinski definition) is 4. The van der Waals surface area contributed by atoms with Crippen LogP contribution < -0.4 is 0 Å². The van der Waals surface area contributed by atoms with Crippen molar-refractivity contribution in [1.29, 1.82) is 0 Å². The fourth-order valence-corrected chi connectivity index (χ4v) is 2.69. The summed E-state index contributed by atoms with van der Waals surface area (Å²) in [6.07, 6.45) is 1.84. The highest BCUT2D eigenvalue weighted by molar-refractivity contribution is 5.78. The van der Waals surface area contributed by atoms with E-state index >= 15 is 0 Å². The van der Waals surface area contributed by atoms with Gasteiger partial charge >= 0.3 is 0 Å². The Kier molecular flexibility index (Phi) is 6.14. The lowest BCUT2D eigenvalue weighted by Crippen LogP contribution is -2.49. The van der Waals surface area contributed by atoms with Crippen LogP contribution in [0.1, 0.15) is 19.5 Å². The molecular formula is C16H26N4O. The van der Waals surface area contributed by atoms with Crippen molar-refractivity contribution in [3.05, 3.63) is 30.1 Å². The zero-order chi connectivity index (χ0) is 15.1. The number of hydrogen-bond donors (Lipinski definition) is 0. The predicted octanol–water partition coefficient (Wildman–Crippen LogP) is 1.07. The highest BCUT2D eigenvalue weighted by Crippen LogP contribution is 2.07. The Morgan fingerprint density at radius 3 is 2.38 bits per heavy atom. The zero-order valence-corrected chi connectivity index (χ0v) is 13.2. The van der Waals surface area contributed by atoms with E-state index in [1.807, 2.05) is 37.1 Å². The second-order valence-electron chi connectivity index (χ2n) is 5.44. The van der Waals surface area contributed by atoms with Gasteiger partial charge in [0.1, 0.15) is 0 Å². The van der Waals surface area contributed by atoms with Crippen LogP contribution in [0.3, 0.4) is 0 Å². The molecule has 1 amide bonds. The molecule has 1 aromatic rings. The fraction of sp³-hybridized carbons (Fsp3) is 0.625. The summed E-state index contributed by atoms with van der Waals surface area (Å²) in [6.45, 7) is 11.0. The summed E-state index contributed by atoms with van der Waals surface area (Å²) in [6, 6.07) is 6.04. The van der Waals surface area contributed by atoms with E-state index < -0.39 is 0 Å². The van der Waals surface area contributed by atoms with Gasteiger partial charge in [-0.25, -0.2) is 0 Å². The fourth-order valence-electron chi connectivity index (χ4n) is 2.69. The molecule has 1 aliphatic heterocycles. The minimum atomic E-state index is 0.248. The Morgan fingerprint density at radius 1 is 1.14 bits per heavy atom. The molecule has 1 aromatic heterocycles. The lowest BCUT2D eigenvalue weighted by Gasteiger charge is -2.35. The molecule has 0 unspecified atom stereocenters. The second-order valence-corrected chi connectivity index (χ2v) is 5.44. The first kappa shape index (κ1) is 15.9. The molecular weight excluding hydrogens is 264 g/mol. The number of pyridine rings is 1. The maximum atomic E-state index is 12.1. The molecule has 2 rings (SSSR count). The number of rotatable bonds is 6. The largest absolute Gasteiger partial charge is 0.342 e. The number of amides is 1. The van der Waals surface area contributed by atoms with Crippen LogP contribution in [0.15, 0.2) is 24.4 Å². The van der Waals surface area contributed by atoms with Crippen LogP contribution in [0.5, 0.6) is 0 Å². The summed E-state index contributed by atoms with van der Waals surface area (Å²) >= 11 is 0. The topological polar surface area (TPSA) is 39.7 Å². The van der Waals surface area contributed by atoms with Crippen LogP contribution in [0, 0.1) is 0 Å².